The smallest absolute Gasteiger partial charge is 0.203 e. The lowest BCUT2D eigenvalue weighted by Gasteiger charge is -2.09. The van der Waals surface area contributed by atoms with Gasteiger partial charge >= 0.3 is 0 Å². The number of benzene rings is 2. The third-order valence-electron chi connectivity index (χ3n) is 5.23. The highest BCUT2D eigenvalue weighted by Gasteiger charge is 2.10. The minimum Gasteiger partial charge on any atom is -0.493 e. The third-order valence-corrected chi connectivity index (χ3v) is 5.97. The fourth-order valence-electron chi connectivity index (χ4n) is 3.79. The number of ether oxygens (including phenoxy) is 1. The van der Waals surface area contributed by atoms with Crippen LogP contribution >= 0.6 is 11.3 Å². The lowest BCUT2D eigenvalue weighted by molar-refractivity contribution is 0.304. The first-order chi connectivity index (χ1) is 15.1. The second-order valence-corrected chi connectivity index (χ2v) is 8.84. The zero-order valence-corrected chi connectivity index (χ0v) is 19.9. The SMILES string of the molecule is CCCCCCCOc1ccccc1/C=N\Nc1nc(-c2c(C)cc(C)cc2C)cs1. The second kappa shape index (κ2) is 11.7. The molecule has 0 saturated heterocycles. The summed E-state index contributed by atoms with van der Waals surface area (Å²) in [5, 5.41) is 7.26. The number of rotatable bonds is 11. The van der Waals surface area contributed by atoms with Crippen LogP contribution in [0.25, 0.3) is 11.3 Å². The van der Waals surface area contributed by atoms with E-state index >= 15 is 0 Å². The van der Waals surface area contributed by atoms with Crippen molar-refractivity contribution in [1.29, 1.82) is 0 Å². The molecule has 2 aromatic carbocycles. The minimum absolute atomic E-state index is 0.743. The topological polar surface area (TPSA) is 46.5 Å². The summed E-state index contributed by atoms with van der Waals surface area (Å²) < 4.78 is 5.99. The maximum absolute atomic E-state index is 5.99. The highest BCUT2D eigenvalue weighted by atomic mass is 32.1. The van der Waals surface area contributed by atoms with Gasteiger partial charge in [-0.2, -0.15) is 5.10 Å². The van der Waals surface area contributed by atoms with Gasteiger partial charge in [-0.25, -0.2) is 4.98 Å². The fraction of sp³-hybridized carbons (Fsp3) is 0.385. The van der Waals surface area contributed by atoms with Crippen LogP contribution in [0.4, 0.5) is 5.13 Å². The summed E-state index contributed by atoms with van der Waals surface area (Å²) >= 11 is 1.56. The van der Waals surface area contributed by atoms with Crippen LogP contribution in [-0.4, -0.2) is 17.8 Å². The van der Waals surface area contributed by atoms with E-state index in [1.165, 1.54) is 47.9 Å². The van der Waals surface area contributed by atoms with Crippen molar-refractivity contribution in [1.82, 2.24) is 4.98 Å². The van der Waals surface area contributed by atoms with E-state index in [9.17, 15) is 0 Å². The quantitative estimate of drug-likeness (QED) is 0.192. The van der Waals surface area contributed by atoms with Crippen molar-refractivity contribution in [2.75, 3.05) is 12.0 Å². The van der Waals surface area contributed by atoms with Crippen LogP contribution in [0, 0.1) is 20.8 Å². The first-order valence-electron chi connectivity index (χ1n) is 11.1. The molecule has 31 heavy (non-hydrogen) atoms. The summed E-state index contributed by atoms with van der Waals surface area (Å²) in [5.41, 5.74) is 10.0. The molecule has 0 aliphatic rings. The molecule has 3 rings (SSSR count). The molecule has 0 bridgehead atoms. The Morgan fingerprint density at radius 2 is 1.77 bits per heavy atom. The zero-order valence-electron chi connectivity index (χ0n) is 19.1. The van der Waals surface area contributed by atoms with Crippen molar-refractivity contribution >= 4 is 22.7 Å². The molecule has 0 fully saturated rings. The van der Waals surface area contributed by atoms with Gasteiger partial charge in [-0.1, -0.05) is 62.4 Å². The van der Waals surface area contributed by atoms with Crippen LogP contribution in [0.15, 0.2) is 46.9 Å². The largest absolute Gasteiger partial charge is 0.493 e. The molecule has 0 amide bonds. The van der Waals surface area contributed by atoms with Gasteiger partial charge in [0.15, 0.2) is 0 Å². The van der Waals surface area contributed by atoms with Crippen molar-refractivity contribution in [2.45, 2.75) is 59.8 Å². The van der Waals surface area contributed by atoms with E-state index in [1.54, 1.807) is 17.6 Å². The van der Waals surface area contributed by atoms with E-state index in [-0.39, 0.29) is 0 Å². The van der Waals surface area contributed by atoms with Gasteiger partial charge < -0.3 is 4.74 Å². The number of nitrogens with zero attached hydrogens (tertiary/aromatic N) is 2. The second-order valence-electron chi connectivity index (χ2n) is 7.98. The van der Waals surface area contributed by atoms with E-state index < -0.39 is 0 Å². The maximum atomic E-state index is 5.99. The van der Waals surface area contributed by atoms with Gasteiger partial charge in [0, 0.05) is 16.5 Å². The molecule has 1 heterocycles. The van der Waals surface area contributed by atoms with Gasteiger partial charge in [-0.15, -0.1) is 11.3 Å². The number of hydrazone groups is 1. The molecule has 5 heteroatoms. The maximum Gasteiger partial charge on any atom is 0.203 e. The van der Waals surface area contributed by atoms with Gasteiger partial charge in [0.25, 0.3) is 0 Å². The van der Waals surface area contributed by atoms with Crippen LogP contribution in [0.1, 0.15) is 61.3 Å². The number of anilines is 1. The Hall–Kier alpha value is -2.66. The van der Waals surface area contributed by atoms with Gasteiger partial charge in [0.1, 0.15) is 5.75 Å². The highest BCUT2D eigenvalue weighted by molar-refractivity contribution is 7.14. The third kappa shape index (κ3) is 6.66. The Morgan fingerprint density at radius 3 is 2.55 bits per heavy atom. The molecule has 0 unspecified atom stereocenters. The van der Waals surface area contributed by atoms with Gasteiger partial charge in [0.2, 0.25) is 5.13 Å². The molecule has 1 aromatic heterocycles. The molecular weight excluding hydrogens is 402 g/mol. The normalized spacial score (nSPS) is 11.2. The number of nitrogens with one attached hydrogen (secondary N) is 1. The Kier molecular flexibility index (Phi) is 8.65. The molecule has 0 aliphatic carbocycles. The average molecular weight is 436 g/mol. The van der Waals surface area contributed by atoms with Crippen LogP contribution in [-0.2, 0) is 0 Å². The fourth-order valence-corrected chi connectivity index (χ4v) is 4.44. The van der Waals surface area contributed by atoms with Gasteiger partial charge in [0.05, 0.1) is 18.5 Å². The predicted octanol–water partition coefficient (Wildman–Crippen LogP) is 7.53. The predicted molar refractivity (Wildman–Crippen MR) is 134 cm³/mol. The van der Waals surface area contributed by atoms with Crippen LogP contribution < -0.4 is 10.2 Å². The number of aryl methyl sites for hydroxylation is 3. The van der Waals surface area contributed by atoms with Crippen LogP contribution in [0.3, 0.4) is 0 Å². The number of aromatic nitrogens is 1. The van der Waals surface area contributed by atoms with Crippen LogP contribution in [0.5, 0.6) is 5.75 Å². The zero-order chi connectivity index (χ0) is 22.1. The van der Waals surface area contributed by atoms with E-state index in [2.05, 4.69) is 55.7 Å². The summed E-state index contributed by atoms with van der Waals surface area (Å²) in [5.74, 6) is 0.870. The van der Waals surface area contributed by atoms with Crippen molar-refractivity contribution < 1.29 is 4.74 Å². The summed E-state index contributed by atoms with van der Waals surface area (Å²) in [6.07, 6.45) is 7.95. The molecule has 0 saturated carbocycles. The van der Waals surface area contributed by atoms with E-state index in [1.807, 2.05) is 24.3 Å². The van der Waals surface area contributed by atoms with Crippen molar-refractivity contribution in [3.05, 3.63) is 64.0 Å². The Balaban J connectivity index is 1.60. The van der Waals surface area contributed by atoms with E-state index in [4.69, 9.17) is 9.72 Å². The van der Waals surface area contributed by atoms with Crippen molar-refractivity contribution in [2.24, 2.45) is 5.10 Å². The Labute approximate surface area is 190 Å². The summed E-state index contributed by atoms with van der Waals surface area (Å²) in [4.78, 5) is 4.73. The molecule has 0 aliphatic heterocycles. The molecule has 0 spiro atoms. The minimum atomic E-state index is 0.743. The average Bonchev–Trinajstić information content (AvgIpc) is 3.19. The standard InChI is InChI=1S/C26H33N3OS/c1-5-6-7-8-11-14-30-24-13-10-9-12-22(24)17-27-29-26-28-23(18-31-26)25-20(3)15-19(2)16-21(25)4/h9-10,12-13,15-18H,5-8,11,14H2,1-4H3,(H,28,29)/b27-17-. The number of para-hydroxylation sites is 1. The van der Waals surface area contributed by atoms with E-state index in [0.717, 1.165) is 35.2 Å². The molecule has 4 nitrogen and oxygen atoms in total. The van der Waals surface area contributed by atoms with Crippen LogP contribution in [0.2, 0.25) is 0 Å². The van der Waals surface area contributed by atoms with Gasteiger partial charge in [-0.05, 0) is 50.5 Å². The Morgan fingerprint density at radius 1 is 1.03 bits per heavy atom. The lowest BCUT2D eigenvalue weighted by Crippen LogP contribution is -2.00. The van der Waals surface area contributed by atoms with Crippen molar-refractivity contribution in [3.63, 3.8) is 0 Å². The molecule has 3 aromatic rings. The van der Waals surface area contributed by atoms with E-state index in [0.29, 0.717) is 0 Å². The summed E-state index contributed by atoms with van der Waals surface area (Å²) in [7, 11) is 0. The van der Waals surface area contributed by atoms with Gasteiger partial charge in [-0.3, -0.25) is 5.43 Å². The summed E-state index contributed by atoms with van der Waals surface area (Å²) in [6.45, 7) is 9.38. The number of hydrogen-bond donors (Lipinski definition) is 1. The molecule has 0 radical (unpaired) electrons. The molecule has 1 N–H and O–H groups in total. The first-order valence-corrected chi connectivity index (χ1v) is 12.0. The number of thiazole rings is 1. The lowest BCUT2D eigenvalue weighted by atomic mass is 9.98. The van der Waals surface area contributed by atoms with Crippen molar-refractivity contribution in [3.8, 4) is 17.0 Å². The summed E-state index contributed by atoms with van der Waals surface area (Å²) in [6, 6.07) is 12.4. The first kappa shape index (κ1) is 23.0. The number of hydrogen-bond acceptors (Lipinski definition) is 5. The Bertz CT molecular complexity index is 986. The molecule has 164 valence electrons. The molecular formula is C26H33N3OS. The monoisotopic (exact) mass is 435 g/mol. The number of unbranched alkanes of at least 4 members (excludes halogenated alkanes) is 4. The molecule has 0 atom stereocenters. The highest BCUT2D eigenvalue weighted by Crippen LogP contribution is 2.31.